The van der Waals surface area contributed by atoms with Gasteiger partial charge in [-0.2, -0.15) is 0 Å². The van der Waals surface area contributed by atoms with Gasteiger partial charge >= 0.3 is 6.03 Å². The monoisotopic (exact) mass is 332 g/mol. The zero-order chi connectivity index (χ0) is 16.0. The van der Waals surface area contributed by atoms with Crippen LogP contribution in [0.3, 0.4) is 0 Å². The molecule has 2 amide bonds. The second-order valence-corrected chi connectivity index (χ2v) is 6.67. The Balaban J connectivity index is 2.52. The molecule has 1 aromatic carbocycles. The summed E-state index contributed by atoms with van der Waals surface area (Å²) in [7, 11) is 0. The van der Waals surface area contributed by atoms with Crippen LogP contribution in [0.25, 0.3) is 0 Å². The fraction of sp³-hybridized carbons (Fsp3) is 0.533. The molecule has 118 valence electrons. The number of aliphatic hydroxyl groups is 1. The average Bonchev–Trinajstić information content (AvgIpc) is 2.39. The summed E-state index contributed by atoms with van der Waals surface area (Å²) in [6.45, 7) is 6.46. The maximum absolute atomic E-state index is 11.9. The number of carbonyl (C=O) groups is 1. The Morgan fingerprint density at radius 3 is 2.57 bits per heavy atom. The molecule has 3 N–H and O–H groups in total. The van der Waals surface area contributed by atoms with Crippen molar-refractivity contribution in [3.63, 3.8) is 0 Å². The molecule has 0 aromatic heterocycles. The molecular weight excluding hydrogens is 311 g/mol. The normalized spacial score (nSPS) is 12.9. The van der Waals surface area contributed by atoms with Crippen molar-refractivity contribution in [2.24, 2.45) is 5.41 Å². The molecule has 6 heteroatoms. The highest BCUT2D eigenvalue weighted by Crippen LogP contribution is 2.25. The fourth-order valence-corrected chi connectivity index (χ4v) is 2.13. The van der Waals surface area contributed by atoms with Gasteiger partial charge in [-0.25, -0.2) is 4.79 Å². The van der Waals surface area contributed by atoms with Crippen molar-refractivity contribution in [2.45, 2.75) is 33.2 Å². The van der Waals surface area contributed by atoms with Gasteiger partial charge in [0.1, 0.15) is 0 Å². The van der Waals surface area contributed by atoms with Gasteiger partial charge in [-0.3, -0.25) is 0 Å². The van der Waals surface area contributed by atoms with E-state index in [4.69, 9.17) is 28.3 Å². The van der Waals surface area contributed by atoms with E-state index in [1.54, 1.807) is 12.1 Å². The molecule has 1 atom stereocenters. The summed E-state index contributed by atoms with van der Waals surface area (Å²) in [4.78, 5) is 11.9. The van der Waals surface area contributed by atoms with Gasteiger partial charge in [-0.15, -0.1) is 0 Å². The van der Waals surface area contributed by atoms with E-state index in [-0.39, 0.29) is 24.1 Å². The van der Waals surface area contributed by atoms with Gasteiger partial charge in [0.2, 0.25) is 0 Å². The molecule has 0 saturated heterocycles. The standard InChI is InChI=1S/C15H22Cl2N2O2/c1-10(11-4-5-12(16)13(17)8-11)19-14(21)18-9-15(2,3)6-7-20/h4-5,8,10,20H,6-7,9H2,1-3H3,(H2,18,19,21). The van der Waals surface area contributed by atoms with Gasteiger partial charge in [-0.05, 0) is 36.5 Å². The molecule has 0 aliphatic heterocycles. The first-order valence-corrected chi connectivity index (χ1v) is 7.61. The smallest absolute Gasteiger partial charge is 0.315 e. The Hall–Kier alpha value is -0.970. The van der Waals surface area contributed by atoms with E-state index in [2.05, 4.69) is 10.6 Å². The maximum atomic E-state index is 11.9. The van der Waals surface area contributed by atoms with Crippen molar-refractivity contribution in [3.8, 4) is 0 Å². The minimum atomic E-state index is -0.250. The number of rotatable bonds is 6. The SMILES string of the molecule is CC(NC(=O)NCC(C)(C)CCO)c1ccc(Cl)c(Cl)c1. The van der Waals surface area contributed by atoms with E-state index in [0.29, 0.717) is 23.0 Å². The zero-order valence-electron chi connectivity index (χ0n) is 12.5. The molecule has 0 heterocycles. The Bertz CT molecular complexity index is 493. The maximum Gasteiger partial charge on any atom is 0.315 e. The van der Waals surface area contributed by atoms with E-state index < -0.39 is 0 Å². The van der Waals surface area contributed by atoms with E-state index in [0.717, 1.165) is 5.56 Å². The summed E-state index contributed by atoms with van der Waals surface area (Å²) in [6.07, 6.45) is 0.635. The van der Waals surface area contributed by atoms with Gasteiger partial charge in [0.25, 0.3) is 0 Å². The third-order valence-corrected chi connectivity index (χ3v) is 4.05. The lowest BCUT2D eigenvalue weighted by Crippen LogP contribution is -2.41. The van der Waals surface area contributed by atoms with Crippen molar-refractivity contribution in [3.05, 3.63) is 33.8 Å². The van der Waals surface area contributed by atoms with Gasteiger partial charge in [0, 0.05) is 13.2 Å². The summed E-state index contributed by atoms with van der Waals surface area (Å²) in [5, 5.41) is 15.6. The van der Waals surface area contributed by atoms with E-state index in [1.165, 1.54) is 0 Å². The Morgan fingerprint density at radius 2 is 2.00 bits per heavy atom. The van der Waals surface area contributed by atoms with Gasteiger partial charge in [0.15, 0.2) is 0 Å². The average molecular weight is 333 g/mol. The number of nitrogens with one attached hydrogen (secondary N) is 2. The number of amides is 2. The number of benzene rings is 1. The van der Waals surface area contributed by atoms with Crippen LogP contribution >= 0.6 is 23.2 Å². The first-order chi connectivity index (χ1) is 9.75. The molecule has 1 rings (SSSR count). The minimum absolute atomic E-state index is 0.107. The highest BCUT2D eigenvalue weighted by atomic mass is 35.5. The molecule has 21 heavy (non-hydrogen) atoms. The molecule has 0 spiro atoms. The van der Waals surface area contributed by atoms with Crippen molar-refractivity contribution in [2.75, 3.05) is 13.2 Å². The predicted molar refractivity (Wildman–Crippen MR) is 86.9 cm³/mol. The third kappa shape index (κ3) is 6.12. The van der Waals surface area contributed by atoms with Crippen molar-refractivity contribution < 1.29 is 9.90 Å². The topological polar surface area (TPSA) is 61.4 Å². The van der Waals surface area contributed by atoms with Crippen LogP contribution in [0.2, 0.25) is 10.0 Å². The van der Waals surface area contributed by atoms with Crippen LogP contribution in [-0.4, -0.2) is 24.3 Å². The molecule has 0 saturated carbocycles. The van der Waals surface area contributed by atoms with Crippen LogP contribution in [0.15, 0.2) is 18.2 Å². The lowest BCUT2D eigenvalue weighted by Gasteiger charge is -2.24. The summed E-state index contributed by atoms with van der Waals surface area (Å²) < 4.78 is 0. The molecule has 0 aliphatic carbocycles. The zero-order valence-corrected chi connectivity index (χ0v) is 14.1. The van der Waals surface area contributed by atoms with E-state index in [9.17, 15) is 4.79 Å². The Kier molecular flexibility index (Phi) is 6.78. The second-order valence-electron chi connectivity index (χ2n) is 5.86. The van der Waals surface area contributed by atoms with Gasteiger partial charge < -0.3 is 15.7 Å². The molecule has 0 radical (unpaired) electrons. The van der Waals surface area contributed by atoms with Gasteiger partial charge in [-0.1, -0.05) is 43.1 Å². The quantitative estimate of drug-likeness (QED) is 0.742. The number of aliphatic hydroxyl groups excluding tert-OH is 1. The number of urea groups is 1. The summed E-state index contributed by atoms with van der Waals surface area (Å²) in [5.74, 6) is 0. The number of hydrogen-bond acceptors (Lipinski definition) is 2. The molecule has 1 unspecified atom stereocenters. The second kappa shape index (κ2) is 7.87. The van der Waals surface area contributed by atoms with Crippen LogP contribution in [0, 0.1) is 5.41 Å². The summed E-state index contributed by atoms with van der Waals surface area (Å²) in [6, 6.07) is 4.85. The molecule has 4 nitrogen and oxygen atoms in total. The van der Waals surface area contributed by atoms with Crippen LogP contribution in [0.1, 0.15) is 38.8 Å². The third-order valence-electron chi connectivity index (χ3n) is 3.31. The summed E-state index contributed by atoms with van der Waals surface area (Å²) in [5.41, 5.74) is 0.744. The van der Waals surface area contributed by atoms with E-state index in [1.807, 2.05) is 26.8 Å². The highest BCUT2D eigenvalue weighted by Gasteiger charge is 2.19. The number of hydrogen-bond donors (Lipinski definition) is 3. The first kappa shape index (κ1) is 18.1. The highest BCUT2D eigenvalue weighted by molar-refractivity contribution is 6.42. The largest absolute Gasteiger partial charge is 0.396 e. The van der Waals surface area contributed by atoms with Crippen LogP contribution < -0.4 is 10.6 Å². The van der Waals surface area contributed by atoms with Crippen molar-refractivity contribution in [1.29, 1.82) is 0 Å². The Labute approximate surface area is 135 Å². The first-order valence-electron chi connectivity index (χ1n) is 6.85. The fourth-order valence-electron chi connectivity index (χ4n) is 1.82. The molecular formula is C15H22Cl2N2O2. The minimum Gasteiger partial charge on any atom is -0.396 e. The molecule has 0 fully saturated rings. The van der Waals surface area contributed by atoms with Crippen LogP contribution in [0.4, 0.5) is 4.79 Å². The summed E-state index contributed by atoms with van der Waals surface area (Å²) >= 11 is 11.8. The molecule has 0 aliphatic rings. The van der Waals surface area contributed by atoms with Crippen LogP contribution in [-0.2, 0) is 0 Å². The number of halogens is 2. The lowest BCUT2D eigenvalue weighted by atomic mass is 9.90. The number of carbonyl (C=O) groups excluding carboxylic acids is 1. The van der Waals surface area contributed by atoms with E-state index >= 15 is 0 Å². The molecule has 1 aromatic rings. The lowest BCUT2D eigenvalue weighted by molar-refractivity contribution is 0.200. The van der Waals surface area contributed by atoms with Crippen LogP contribution in [0.5, 0.6) is 0 Å². The van der Waals surface area contributed by atoms with Crippen molar-refractivity contribution >= 4 is 29.2 Å². The predicted octanol–water partition coefficient (Wildman–Crippen LogP) is 3.76. The molecule has 0 bridgehead atoms. The van der Waals surface area contributed by atoms with Crippen molar-refractivity contribution in [1.82, 2.24) is 10.6 Å². The van der Waals surface area contributed by atoms with Gasteiger partial charge in [0.05, 0.1) is 16.1 Å². The Morgan fingerprint density at radius 1 is 1.33 bits per heavy atom.